The van der Waals surface area contributed by atoms with Gasteiger partial charge >= 0.3 is 0 Å². The fraction of sp³-hybridized carbons (Fsp3) is 0.0556. The zero-order valence-corrected chi connectivity index (χ0v) is 14.1. The van der Waals surface area contributed by atoms with E-state index < -0.39 is 9.85 Å². The summed E-state index contributed by atoms with van der Waals surface area (Å²) in [6, 6.07) is 12.7. The van der Waals surface area contributed by atoms with Gasteiger partial charge in [0.05, 0.1) is 21.2 Å². The van der Waals surface area contributed by atoms with E-state index in [1.54, 1.807) is 34.9 Å². The normalized spacial score (nSPS) is 11.0. The lowest BCUT2D eigenvalue weighted by Crippen LogP contribution is -1.94. The zero-order chi connectivity index (χ0) is 19.1. The van der Waals surface area contributed by atoms with Crippen LogP contribution in [0.5, 0.6) is 0 Å². The van der Waals surface area contributed by atoms with E-state index in [0.29, 0.717) is 22.6 Å². The number of aromatic nitrogens is 3. The van der Waals surface area contributed by atoms with E-state index in [1.807, 2.05) is 17.8 Å². The standard InChI is InChI=1S/C18H13N5O4/c1-20-17(13-5-3-7-15(9-13)23(26)27)11-21-10-16(19-18(20)21)12-4-2-6-14(8-12)22(24)25/h2-11H,1H3. The molecule has 134 valence electrons. The Morgan fingerprint density at radius 3 is 2.07 bits per heavy atom. The second-order valence-electron chi connectivity index (χ2n) is 6.02. The number of nitro groups is 2. The first-order valence-electron chi connectivity index (χ1n) is 7.98. The molecule has 2 aromatic heterocycles. The van der Waals surface area contributed by atoms with Crippen LogP contribution >= 0.6 is 0 Å². The number of fused-ring (bicyclic) bond motifs is 1. The minimum absolute atomic E-state index is 0.00170. The Kier molecular flexibility index (Phi) is 3.69. The molecule has 0 fully saturated rings. The molecule has 9 nitrogen and oxygen atoms in total. The van der Waals surface area contributed by atoms with Crippen LogP contribution in [0.3, 0.4) is 0 Å². The van der Waals surface area contributed by atoms with Gasteiger partial charge < -0.3 is 4.57 Å². The highest BCUT2D eigenvalue weighted by molar-refractivity contribution is 5.69. The molecule has 27 heavy (non-hydrogen) atoms. The maximum Gasteiger partial charge on any atom is 0.270 e. The van der Waals surface area contributed by atoms with Gasteiger partial charge in [-0.1, -0.05) is 24.3 Å². The number of nitro benzene ring substituents is 2. The van der Waals surface area contributed by atoms with Crippen LogP contribution in [-0.2, 0) is 7.05 Å². The van der Waals surface area contributed by atoms with Gasteiger partial charge in [-0.25, -0.2) is 4.98 Å². The summed E-state index contributed by atoms with van der Waals surface area (Å²) in [6.07, 6.45) is 3.59. The summed E-state index contributed by atoms with van der Waals surface area (Å²) in [7, 11) is 1.81. The molecule has 2 aromatic carbocycles. The monoisotopic (exact) mass is 363 g/mol. The molecule has 0 spiro atoms. The molecule has 4 aromatic rings. The minimum atomic E-state index is -0.445. The molecule has 0 N–H and O–H groups in total. The fourth-order valence-corrected chi connectivity index (χ4v) is 3.02. The molecule has 9 heteroatoms. The van der Waals surface area contributed by atoms with E-state index in [2.05, 4.69) is 4.98 Å². The van der Waals surface area contributed by atoms with Gasteiger partial charge in [0.2, 0.25) is 5.78 Å². The van der Waals surface area contributed by atoms with Crippen LogP contribution in [0.15, 0.2) is 60.9 Å². The summed E-state index contributed by atoms with van der Waals surface area (Å²) in [4.78, 5) is 25.6. The van der Waals surface area contributed by atoms with Gasteiger partial charge in [-0.05, 0) is 0 Å². The number of hydrogen-bond donors (Lipinski definition) is 0. The number of nitrogens with zero attached hydrogens (tertiary/aromatic N) is 5. The van der Waals surface area contributed by atoms with Crippen LogP contribution < -0.4 is 0 Å². The predicted octanol–water partition coefficient (Wildman–Crippen LogP) is 3.82. The molecular weight excluding hydrogens is 350 g/mol. The van der Waals surface area contributed by atoms with Crippen molar-refractivity contribution in [3.8, 4) is 22.5 Å². The molecule has 0 unspecified atom stereocenters. The lowest BCUT2D eigenvalue weighted by molar-refractivity contribution is -0.385. The Bertz CT molecular complexity index is 1210. The lowest BCUT2D eigenvalue weighted by Gasteiger charge is -2.02. The van der Waals surface area contributed by atoms with Crippen molar-refractivity contribution >= 4 is 17.2 Å². The van der Waals surface area contributed by atoms with Gasteiger partial charge in [0.1, 0.15) is 0 Å². The van der Waals surface area contributed by atoms with Crippen molar-refractivity contribution in [2.75, 3.05) is 0 Å². The summed E-state index contributed by atoms with van der Waals surface area (Å²) in [5.74, 6) is 0.623. The first-order valence-corrected chi connectivity index (χ1v) is 7.98. The molecule has 0 atom stereocenters. The van der Waals surface area contributed by atoms with E-state index in [9.17, 15) is 20.2 Å². The number of non-ortho nitro benzene ring substituents is 2. The molecule has 0 saturated carbocycles. The highest BCUT2D eigenvalue weighted by Gasteiger charge is 2.15. The number of imidazole rings is 2. The molecule has 0 aliphatic heterocycles. The first-order chi connectivity index (χ1) is 12.9. The number of aryl methyl sites for hydroxylation is 1. The molecular formula is C18H13N5O4. The molecule has 0 aliphatic carbocycles. The fourth-order valence-electron chi connectivity index (χ4n) is 3.02. The second-order valence-corrected chi connectivity index (χ2v) is 6.02. The summed E-state index contributed by atoms with van der Waals surface area (Å²) >= 11 is 0. The van der Waals surface area contributed by atoms with Crippen LogP contribution in [-0.4, -0.2) is 23.8 Å². The van der Waals surface area contributed by atoms with Gasteiger partial charge in [-0.3, -0.25) is 24.6 Å². The Labute approximate surface area is 152 Å². The Morgan fingerprint density at radius 2 is 1.48 bits per heavy atom. The highest BCUT2D eigenvalue weighted by Crippen LogP contribution is 2.28. The van der Waals surface area contributed by atoms with Crippen molar-refractivity contribution in [1.29, 1.82) is 0 Å². The van der Waals surface area contributed by atoms with Crippen molar-refractivity contribution in [3.63, 3.8) is 0 Å². The molecule has 0 radical (unpaired) electrons. The smallest absolute Gasteiger partial charge is 0.270 e. The van der Waals surface area contributed by atoms with Crippen LogP contribution in [0.25, 0.3) is 28.3 Å². The minimum Gasteiger partial charge on any atom is -0.313 e. The van der Waals surface area contributed by atoms with Gasteiger partial charge in [0, 0.05) is 54.8 Å². The number of benzene rings is 2. The molecule has 0 bridgehead atoms. The molecule has 4 rings (SSSR count). The zero-order valence-electron chi connectivity index (χ0n) is 14.1. The summed E-state index contributed by atoms with van der Waals surface area (Å²) < 4.78 is 3.61. The van der Waals surface area contributed by atoms with Crippen LogP contribution in [0.4, 0.5) is 11.4 Å². The second kappa shape index (κ2) is 6.06. The molecule has 2 heterocycles. The molecule has 0 saturated heterocycles. The van der Waals surface area contributed by atoms with Gasteiger partial charge in [-0.15, -0.1) is 0 Å². The number of hydrogen-bond acceptors (Lipinski definition) is 5. The van der Waals surface area contributed by atoms with E-state index in [4.69, 9.17) is 0 Å². The summed E-state index contributed by atoms with van der Waals surface area (Å²) in [6.45, 7) is 0. The largest absolute Gasteiger partial charge is 0.313 e. The average molecular weight is 363 g/mol. The lowest BCUT2D eigenvalue weighted by atomic mass is 10.1. The van der Waals surface area contributed by atoms with Gasteiger partial charge in [0.25, 0.3) is 11.4 Å². The predicted molar refractivity (Wildman–Crippen MR) is 98.3 cm³/mol. The van der Waals surface area contributed by atoms with E-state index in [-0.39, 0.29) is 11.4 Å². The first kappa shape index (κ1) is 16.5. The van der Waals surface area contributed by atoms with Crippen molar-refractivity contribution < 1.29 is 9.85 Å². The Balaban J connectivity index is 1.78. The third-order valence-corrected chi connectivity index (χ3v) is 4.34. The summed E-state index contributed by atoms with van der Waals surface area (Å²) in [5.41, 5.74) is 2.74. The highest BCUT2D eigenvalue weighted by atomic mass is 16.6. The van der Waals surface area contributed by atoms with E-state index in [0.717, 1.165) is 5.69 Å². The van der Waals surface area contributed by atoms with Gasteiger partial charge in [-0.2, -0.15) is 0 Å². The van der Waals surface area contributed by atoms with Crippen molar-refractivity contribution in [1.82, 2.24) is 14.0 Å². The maximum absolute atomic E-state index is 11.0. The van der Waals surface area contributed by atoms with Crippen molar-refractivity contribution in [2.24, 2.45) is 7.05 Å². The van der Waals surface area contributed by atoms with Crippen LogP contribution in [0, 0.1) is 20.2 Å². The van der Waals surface area contributed by atoms with Gasteiger partial charge in [0.15, 0.2) is 0 Å². The van der Waals surface area contributed by atoms with Crippen LogP contribution in [0.2, 0.25) is 0 Å². The van der Waals surface area contributed by atoms with E-state index >= 15 is 0 Å². The third-order valence-electron chi connectivity index (χ3n) is 4.34. The van der Waals surface area contributed by atoms with Crippen LogP contribution in [0.1, 0.15) is 0 Å². The number of rotatable bonds is 4. The quantitative estimate of drug-likeness (QED) is 0.404. The van der Waals surface area contributed by atoms with Crippen molar-refractivity contribution in [2.45, 2.75) is 0 Å². The average Bonchev–Trinajstić information content (AvgIpc) is 3.21. The Hall–Kier alpha value is -4.01. The maximum atomic E-state index is 11.0. The summed E-state index contributed by atoms with van der Waals surface area (Å²) in [5, 5.41) is 22.0. The molecule has 0 aliphatic rings. The molecule has 0 amide bonds. The third kappa shape index (κ3) is 2.80. The van der Waals surface area contributed by atoms with E-state index in [1.165, 1.54) is 24.3 Å². The SMILES string of the molecule is Cn1c(-c2cccc([N+](=O)[O-])c2)cn2cc(-c3cccc([N+](=O)[O-])c3)nc12. The van der Waals surface area contributed by atoms with Crippen molar-refractivity contribution in [3.05, 3.63) is 81.2 Å². The topological polar surface area (TPSA) is 109 Å². The Morgan fingerprint density at radius 1 is 0.889 bits per heavy atom.